The number of fused-ring (bicyclic) bond motifs is 4. The Morgan fingerprint density at radius 2 is 0.875 bits per heavy atom. The molecule has 0 unspecified atom stereocenters. The van der Waals surface area contributed by atoms with E-state index >= 15 is 0 Å². The molecule has 0 aromatic heterocycles. The Morgan fingerprint density at radius 3 is 1.15 bits per heavy atom. The number of amides is 6. The van der Waals surface area contributed by atoms with Crippen LogP contribution in [0.5, 0.6) is 0 Å². The van der Waals surface area contributed by atoms with Gasteiger partial charge in [-0.05, 0) is 49.2 Å². The second-order valence-corrected chi connectivity index (χ2v) is 12.7. The number of nitrogens with zero attached hydrogens (tertiary/aromatic N) is 4. The van der Waals surface area contributed by atoms with Crippen LogP contribution in [0.2, 0.25) is 0 Å². The van der Waals surface area contributed by atoms with E-state index in [-0.39, 0.29) is 88.6 Å². The summed E-state index contributed by atoms with van der Waals surface area (Å²) in [6, 6.07) is 12.5. The second kappa shape index (κ2) is 13.5. The summed E-state index contributed by atoms with van der Waals surface area (Å²) in [5.41, 5.74) is -1.23. The van der Waals surface area contributed by atoms with Gasteiger partial charge in [0, 0.05) is 26.2 Å². The minimum Gasteiger partial charge on any atom is -0.395 e. The average molecular weight is 665 g/mol. The molecule has 2 aliphatic heterocycles. The van der Waals surface area contributed by atoms with E-state index in [4.69, 9.17) is 0 Å². The van der Waals surface area contributed by atoms with Gasteiger partial charge in [0.1, 0.15) is 0 Å². The molecule has 256 valence electrons. The molecule has 0 spiro atoms. The SMILES string of the molecule is CC12C(=O)N(c3ccc(CC(=O)N(CCO)CCO)cc3)C(=O)C1C1(C)C(=O)N(c3ccc(CC(=O)N(CCO)CCO)cc3)C(=O)C21. The van der Waals surface area contributed by atoms with Crippen LogP contribution < -0.4 is 9.80 Å². The topological polar surface area (TPSA) is 196 Å². The van der Waals surface area contributed by atoms with Gasteiger partial charge >= 0.3 is 0 Å². The molecule has 1 aliphatic carbocycles. The van der Waals surface area contributed by atoms with Gasteiger partial charge in [-0.25, -0.2) is 9.80 Å². The number of anilines is 2. The molecule has 5 rings (SSSR count). The lowest BCUT2D eigenvalue weighted by Gasteiger charge is -2.53. The smallest absolute Gasteiger partial charge is 0.241 e. The monoisotopic (exact) mass is 664 g/mol. The van der Waals surface area contributed by atoms with E-state index in [1.807, 2.05) is 0 Å². The number of aliphatic hydroxyl groups excluding tert-OH is 4. The molecule has 3 fully saturated rings. The number of benzene rings is 2. The molecule has 0 bridgehead atoms. The molecule has 6 amide bonds. The van der Waals surface area contributed by atoms with Crippen LogP contribution in [0.25, 0.3) is 0 Å². The van der Waals surface area contributed by atoms with E-state index in [9.17, 15) is 49.2 Å². The first-order valence-electron chi connectivity index (χ1n) is 15.8. The van der Waals surface area contributed by atoms with Crippen molar-refractivity contribution >= 4 is 46.8 Å². The highest BCUT2D eigenvalue weighted by atomic mass is 16.3. The molecule has 48 heavy (non-hydrogen) atoms. The van der Waals surface area contributed by atoms with Crippen LogP contribution in [-0.4, -0.2) is 118 Å². The van der Waals surface area contributed by atoms with E-state index in [1.165, 1.54) is 34.1 Å². The molecule has 4 N–H and O–H groups in total. The third kappa shape index (κ3) is 5.48. The van der Waals surface area contributed by atoms with Crippen LogP contribution in [0, 0.1) is 22.7 Å². The maximum absolute atomic E-state index is 13.9. The van der Waals surface area contributed by atoms with Gasteiger partial charge in [-0.2, -0.15) is 0 Å². The molecule has 14 heteroatoms. The highest BCUT2D eigenvalue weighted by molar-refractivity contribution is 6.34. The van der Waals surface area contributed by atoms with Crippen molar-refractivity contribution in [2.75, 3.05) is 62.4 Å². The summed E-state index contributed by atoms with van der Waals surface area (Å²) < 4.78 is 0. The minimum atomic E-state index is -1.45. The summed E-state index contributed by atoms with van der Waals surface area (Å²) in [4.78, 5) is 85.5. The minimum absolute atomic E-state index is 0.0232. The molecule has 0 atom stereocenters. The summed E-state index contributed by atoms with van der Waals surface area (Å²) in [7, 11) is 0. The predicted octanol–water partition coefficient (Wildman–Crippen LogP) is -0.897. The van der Waals surface area contributed by atoms with Gasteiger partial charge < -0.3 is 30.2 Å². The number of carbonyl (C=O) groups is 6. The highest BCUT2D eigenvalue weighted by Gasteiger charge is 2.85. The van der Waals surface area contributed by atoms with Crippen LogP contribution in [0.4, 0.5) is 11.4 Å². The van der Waals surface area contributed by atoms with Crippen molar-refractivity contribution in [2.24, 2.45) is 22.7 Å². The van der Waals surface area contributed by atoms with Crippen LogP contribution in [0.15, 0.2) is 48.5 Å². The zero-order valence-corrected chi connectivity index (χ0v) is 26.9. The van der Waals surface area contributed by atoms with Gasteiger partial charge in [0.05, 0.1) is 73.3 Å². The van der Waals surface area contributed by atoms with Crippen molar-refractivity contribution in [3.8, 4) is 0 Å². The molecule has 14 nitrogen and oxygen atoms in total. The van der Waals surface area contributed by atoms with Gasteiger partial charge in [-0.15, -0.1) is 0 Å². The third-order valence-electron chi connectivity index (χ3n) is 9.95. The van der Waals surface area contributed by atoms with E-state index in [0.717, 1.165) is 9.80 Å². The number of carbonyl (C=O) groups excluding carboxylic acids is 6. The molecule has 3 aliphatic rings. The van der Waals surface area contributed by atoms with Crippen molar-refractivity contribution < 1.29 is 49.2 Å². The Bertz CT molecular complexity index is 1470. The summed E-state index contributed by atoms with van der Waals surface area (Å²) >= 11 is 0. The summed E-state index contributed by atoms with van der Waals surface area (Å²) in [5.74, 6) is -5.12. The fourth-order valence-electron chi connectivity index (χ4n) is 7.74. The quantitative estimate of drug-likeness (QED) is 0.184. The predicted molar refractivity (Wildman–Crippen MR) is 170 cm³/mol. The van der Waals surface area contributed by atoms with E-state index in [0.29, 0.717) is 11.1 Å². The number of aliphatic hydroxyl groups is 4. The molecular formula is C34H40N4O10. The van der Waals surface area contributed by atoms with Crippen molar-refractivity contribution in [1.29, 1.82) is 0 Å². The number of rotatable bonds is 14. The lowest BCUT2D eigenvalue weighted by atomic mass is 9.41. The largest absolute Gasteiger partial charge is 0.395 e. The fourth-order valence-corrected chi connectivity index (χ4v) is 7.74. The first kappa shape index (κ1) is 34.8. The first-order valence-corrected chi connectivity index (χ1v) is 15.8. The maximum Gasteiger partial charge on any atom is 0.241 e. The van der Waals surface area contributed by atoms with Crippen LogP contribution in [0.1, 0.15) is 25.0 Å². The number of hydrogen-bond acceptors (Lipinski definition) is 10. The molecule has 2 aromatic rings. The van der Waals surface area contributed by atoms with Gasteiger partial charge in [-0.3, -0.25) is 28.8 Å². The molecule has 1 saturated carbocycles. The molecule has 2 aromatic carbocycles. The normalized spacial score (nSPS) is 24.5. The van der Waals surface area contributed by atoms with Gasteiger partial charge in [0.15, 0.2) is 0 Å². The van der Waals surface area contributed by atoms with Crippen molar-refractivity contribution in [2.45, 2.75) is 26.7 Å². The number of imide groups is 2. The molecule has 2 saturated heterocycles. The standard InChI is InChI=1S/C34H40N4O10/c1-33-27(29(45)37(31(33)47)23-7-3-21(4-8-23)19-25(43)35(11-15-39)12-16-40)34(2)28(33)30(46)38(32(34)48)24-9-5-22(6-10-24)20-26(44)36(13-17-41)14-18-42/h3-10,27-28,39-42H,11-20H2,1-2H3. The molecule has 2 heterocycles. The lowest BCUT2D eigenvalue weighted by molar-refractivity contribution is -0.179. The fraction of sp³-hybridized carbons (Fsp3) is 0.471. The first-order chi connectivity index (χ1) is 22.9. The van der Waals surface area contributed by atoms with Crippen molar-refractivity contribution in [3.05, 3.63) is 59.7 Å². The Hall–Kier alpha value is -4.50. The summed E-state index contributed by atoms with van der Waals surface area (Å²) in [6.07, 6.45) is -0.0463. The zero-order chi connectivity index (χ0) is 35.0. The van der Waals surface area contributed by atoms with Gasteiger partial charge in [-0.1, -0.05) is 24.3 Å². The van der Waals surface area contributed by atoms with Crippen LogP contribution >= 0.6 is 0 Å². The Morgan fingerprint density at radius 1 is 0.583 bits per heavy atom. The Kier molecular flexibility index (Phi) is 9.83. The van der Waals surface area contributed by atoms with Gasteiger partial charge in [0.2, 0.25) is 35.4 Å². The summed E-state index contributed by atoms with van der Waals surface area (Å²) in [5, 5.41) is 36.8. The van der Waals surface area contributed by atoms with E-state index < -0.39 is 46.3 Å². The second-order valence-electron chi connectivity index (χ2n) is 12.7. The summed E-state index contributed by atoms with van der Waals surface area (Å²) in [6.45, 7) is 2.39. The molecule has 0 radical (unpaired) electrons. The lowest BCUT2D eigenvalue weighted by Crippen LogP contribution is -2.65. The zero-order valence-electron chi connectivity index (χ0n) is 26.9. The Labute approximate surface area is 277 Å². The highest BCUT2D eigenvalue weighted by Crippen LogP contribution is 2.71. The van der Waals surface area contributed by atoms with E-state index in [2.05, 4.69) is 0 Å². The maximum atomic E-state index is 13.9. The van der Waals surface area contributed by atoms with Gasteiger partial charge in [0.25, 0.3) is 0 Å². The van der Waals surface area contributed by atoms with Crippen molar-refractivity contribution in [3.63, 3.8) is 0 Å². The van der Waals surface area contributed by atoms with Crippen molar-refractivity contribution in [1.82, 2.24) is 9.80 Å². The molecular weight excluding hydrogens is 624 g/mol. The Balaban J connectivity index is 1.32. The van der Waals surface area contributed by atoms with Crippen LogP contribution in [-0.2, 0) is 41.6 Å². The average Bonchev–Trinajstić information content (AvgIpc) is 3.34. The third-order valence-corrected chi connectivity index (χ3v) is 9.95. The van der Waals surface area contributed by atoms with Crippen LogP contribution in [0.3, 0.4) is 0 Å². The van der Waals surface area contributed by atoms with E-state index in [1.54, 1.807) is 38.1 Å². The number of hydrogen-bond donors (Lipinski definition) is 4.